The van der Waals surface area contributed by atoms with Crippen LogP contribution in [0.1, 0.15) is 18.9 Å². The highest BCUT2D eigenvalue weighted by Crippen LogP contribution is 2.24. The maximum absolute atomic E-state index is 11.7. The van der Waals surface area contributed by atoms with Gasteiger partial charge in [0, 0.05) is 11.6 Å². The molecule has 0 heterocycles. The number of benzene rings is 1. The second-order valence-electron chi connectivity index (χ2n) is 4.24. The Hall–Kier alpha value is -2.01. The van der Waals surface area contributed by atoms with E-state index in [1.165, 1.54) is 6.08 Å². The molecule has 1 atom stereocenters. The SMILES string of the molecule is CC[C@@H](CO)NC(=O)/C=C\c1cc(OC)ccc1OC. The van der Waals surface area contributed by atoms with Crippen molar-refractivity contribution >= 4 is 12.0 Å². The number of methoxy groups -OCH3 is 2. The summed E-state index contributed by atoms with van der Waals surface area (Å²) in [5.74, 6) is 1.09. The fourth-order valence-corrected chi connectivity index (χ4v) is 1.66. The molecular formula is C15H21NO4. The molecule has 1 aromatic rings. The van der Waals surface area contributed by atoms with Crippen molar-refractivity contribution in [1.82, 2.24) is 5.32 Å². The van der Waals surface area contributed by atoms with Crippen molar-refractivity contribution in [3.63, 3.8) is 0 Å². The molecule has 0 spiro atoms. The highest BCUT2D eigenvalue weighted by Gasteiger charge is 2.07. The smallest absolute Gasteiger partial charge is 0.244 e. The zero-order chi connectivity index (χ0) is 15.0. The largest absolute Gasteiger partial charge is 0.497 e. The summed E-state index contributed by atoms with van der Waals surface area (Å²) >= 11 is 0. The Bertz CT molecular complexity index is 467. The molecule has 0 saturated carbocycles. The summed E-state index contributed by atoms with van der Waals surface area (Å²) in [6.45, 7) is 1.83. The van der Waals surface area contributed by atoms with Crippen LogP contribution in [0, 0.1) is 0 Å². The van der Waals surface area contributed by atoms with E-state index in [4.69, 9.17) is 14.6 Å². The van der Waals surface area contributed by atoms with Crippen molar-refractivity contribution in [3.05, 3.63) is 29.8 Å². The van der Waals surface area contributed by atoms with E-state index in [0.29, 0.717) is 17.9 Å². The van der Waals surface area contributed by atoms with Crippen molar-refractivity contribution in [2.24, 2.45) is 0 Å². The quantitative estimate of drug-likeness (QED) is 0.744. The van der Waals surface area contributed by atoms with Gasteiger partial charge in [0.1, 0.15) is 11.5 Å². The molecule has 2 N–H and O–H groups in total. The summed E-state index contributed by atoms with van der Waals surface area (Å²) in [6.07, 6.45) is 3.74. The molecule has 0 saturated heterocycles. The average Bonchev–Trinajstić information content (AvgIpc) is 2.50. The average molecular weight is 279 g/mol. The van der Waals surface area contributed by atoms with E-state index in [-0.39, 0.29) is 18.6 Å². The van der Waals surface area contributed by atoms with E-state index < -0.39 is 0 Å². The number of rotatable bonds is 7. The molecule has 0 aliphatic heterocycles. The van der Waals surface area contributed by atoms with Gasteiger partial charge in [0.05, 0.1) is 26.9 Å². The molecule has 0 aromatic heterocycles. The molecule has 5 heteroatoms. The van der Waals surface area contributed by atoms with E-state index in [9.17, 15) is 4.79 Å². The van der Waals surface area contributed by atoms with Crippen LogP contribution in [0.3, 0.4) is 0 Å². The van der Waals surface area contributed by atoms with Gasteiger partial charge in [-0.25, -0.2) is 0 Å². The lowest BCUT2D eigenvalue weighted by Crippen LogP contribution is -2.35. The van der Waals surface area contributed by atoms with Gasteiger partial charge >= 0.3 is 0 Å². The van der Waals surface area contributed by atoms with E-state index in [2.05, 4.69) is 5.32 Å². The van der Waals surface area contributed by atoms with Crippen LogP contribution in [-0.4, -0.2) is 37.9 Å². The Morgan fingerprint density at radius 1 is 1.40 bits per heavy atom. The summed E-state index contributed by atoms with van der Waals surface area (Å²) in [7, 11) is 3.15. The lowest BCUT2D eigenvalue weighted by molar-refractivity contribution is -0.117. The number of ether oxygens (including phenoxy) is 2. The maximum atomic E-state index is 11.7. The van der Waals surface area contributed by atoms with Crippen LogP contribution in [-0.2, 0) is 4.79 Å². The van der Waals surface area contributed by atoms with Crippen molar-refractivity contribution in [2.45, 2.75) is 19.4 Å². The molecule has 0 bridgehead atoms. The monoisotopic (exact) mass is 279 g/mol. The summed E-state index contributed by atoms with van der Waals surface area (Å²) in [5, 5.41) is 11.7. The summed E-state index contributed by atoms with van der Waals surface area (Å²) < 4.78 is 10.4. The Labute approximate surface area is 119 Å². The third-order valence-corrected chi connectivity index (χ3v) is 2.91. The van der Waals surface area contributed by atoms with Gasteiger partial charge in [0.25, 0.3) is 0 Å². The minimum absolute atomic E-state index is 0.0709. The first-order valence-corrected chi connectivity index (χ1v) is 6.46. The van der Waals surface area contributed by atoms with Gasteiger partial charge in [0.15, 0.2) is 0 Å². The Kier molecular flexibility index (Phi) is 6.59. The van der Waals surface area contributed by atoms with Gasteiger partial charge in [-0.05, 0) is 30.7 Å². The van der Waals surface area contributed by atoms with Gasteiger partial charge in [0.2, 0.25) is 5.91 Å². The van der Waals surface area contributed by atoms with Gasteiger partial charge in [-0.3, -0.25) is 4.79 Å². The van der Waals surface area contributed by atoms with E-state index in [1.807, 2.05) is 6.92 Å². The number of hydrogen-bond donors (Lipinski definition) is 2. The molecule has 1 aromatic carbocycles. The van der Waals surface area contributed by atoms with Crippen LogP contribution >= 0.6 is 0 Å². The molecule has 1 rings (SSSR count). The zero-order valence-electron chi connectivity index (χ0n) is 12.1. The Morgan fingerprint density at radius 2 is 2.15 bits per heavy atom. The third-order valence-electron chi connectivity index (χ3n) is 2.91. The number of hydrogen-bond acceptors (Lipinski definition) is 4. The van der Waals surface area contributed by atoms with Crippen molar-refractivity contribution in [2.75, 3.05) is 20.8 Å². The van der Waals surface area contributed by atoms with Crippen LogP contribution in [0.2, 0.25) is 0 Å². The first-order valence-electron chi connectivity index (χ1n) is 6.46. The fourth-order valence-electron chi connectivity index (χ4n) is 1.66. The number of aliphatic hydroxyl groups is 1. The van der Waals surface area contributed by atoms with Gasteiger partial charge in [-0.2, -0.15) is 0 Å². The Balaban J connectivity index is 2.80. The molecule has 0 radical (unpaired) electrons. The van der Waals surface area contributed by atoms with E-state index >= 15 is 0 Å². The van der Waals surface area contributed by atoms with E-state index in [1.54, 1.807) is 38.5 Å². The van der Waals surface area contributed by atoms with Crippen LogP contribution in [0.4, 0.5) is 0 Å². The second-order valence-corrected chi connectivity index (χ2v) is 4.24. The molecule has 110 valence electrons. The number of nitrogens with one attached hydrogen (secondary N) is 1. The standard InChI is InChI=1S/C15H21NO4/c1-4-12(10-17)16-15(18)8-5-11-9-13(19-2)6-7-14(11)20-3/h5-9,12,17H,4,10H2,1-3H3,(H,16,18)/b8-5-/t12-/m0/s1. The highest BCUT2D eigenvalue weighted by atomic mass is 16.5. The highest BCUT2D eigenvalue weighted by molar-refractivity contribution is 5.92. The molecule has 1 amide bonds. The van der Waals surface area contributed by atoms with Gasteiger partial charge in [-0.1, -0.05) is 6.92 Å². The molecular weight excluding hydrogens is 258 g/mol. The van der Waals surface area contributed by atoms with Gasteiger partial charge in [-0.15, -0.1) is 0 Å². The predicted molar refractivity (Wildman–Crippen MR) is 77.9 cm³/mol. The number of carbonyl (C=O) groups is 1. The molecule has 0 unspecified atom stereocenters. The minimum atomic E-state index is -0.254. The van der Waals surface area contributed by atoms with Crippen molar-refractivity contribution < 1.29 is 19.4 Å². The fraction of sp³-hybridized carbons (Fsp3) is 0.400. The first-order chi connectivity index (χ1) is 9.64. The molecule has 0 aliphatic rings. The summed E-state index contributed by atoms with van der Waals surface area (Å²) in [6, 6.07) is 5.12. The number of carbonyl (C=O) groups excluding carboxylic acids is 1. The Morgan fingerprint density at radius 3 is 2.70 bits per heavy atom. The second kappa shape index (κ2) is 8.22. The number of amides is 1. The predicted octanol–water partition coefficient (Wildman–Crippen LogP) is 1.60. The van der Waals surface area contributed by atoms with Crippen molar-refractivity contribution in [1.29, 1.82) is 0 Å². The minimum Gasteiger partial charge on any atom is -0.497 e. The van der Waals surface area contributed by atoms with Crippen LogP contribution in [0.5, 0.6) is 11.5 Å². The van der Waals surface area contributed by atoms with Gasteiger partial charge < -0.3 is 19.9 Å². The van der Waals surface area contributed by atoms with Crippen molar-refractivity contribution in [3.8, 4) is 11.5 Å². The van der Waals surface area contributed by atoms with E-state index in [0.717, 1.165) is 5.56 Å². The normalized spacial score (nSPS) is 12.2. The first kappa shape index (κ1) is 16.0. The lowest BCUT2D eigenvalue weighted by Gasteiger charge is -2.12. The number of aliphatic hydroxyl groups excluding tert-OH is 1. The summed E-state index contributed by atoms with van der Waals surface area (Å²) in [4.78, 5) is 11.7. The maximum Gasteiger partial charge on any atom is 0.244 e. The molecule has 5 nitrogen and oxygen atoms in total. The van der Waals surface area contributed by atoms with Crippen LogP contribution in [0.25, 0.3) is 6.08 Å². The summed E-state index contributed by atoms with van der Waals surface area (Å²) in [5.41, 5.74) is 0.749. The molecule has 0 fully saturated rings. The molecule has 20 heavy (non-hydrogen) atoms. The topological polar surface area (TPSA) is 67.8 Å². The zero-order valence-corrected chi connectivity index (χ0v) is 12.1. The molecule has 0 aliphatic carbocycles. The van der Waals surface area contributed by atoms with Crippen LogP contribution in [0.15, 0.2) is 24.3 Å². The van der Waals surface area contributed by atoms with Crippen LogP contribution < -0.4 is 14.8 Å². The lowest BCUT2D eigenvalue weighted by atomic mass is 10.1. The third kappa shape index (κ3) is 4.59.